The molecule has 0 aliphatic heterocycles. The fourth-order valence-corrected chi connectivity index (χ4v) is 1.70. The first-order valence-corrected chi connectivity index (χ1v) is 4.12. The van der Waals surface area contributed by atoms with Gasteiger partial charge in [-0.05, 0) is 35.2 Å². The molecular formula is C7H11NOS. The molecule has 0 aromatic carbocycles. The SMILES string of the molecule is Cc1cscc1CCON. The van der Waals surface area contributed by atoms with Crippen LogP contribution in [0.2, 0.25) is 0 Å². The average molecular weight is 157 g/mol. The van der Waals surface area contributed by atoms with Crippen LogP contribution in [0.4, 0.5) is 0 Å². The zero-order valence-electron chi connectivity index (χ0n) is 5.96. The molecule has 1 aromatic heterocycles. The zero-order valence-corrected chi connectivity index (χ0v) is 6.78. The molecule has 3 heteroatoms. The number of hydrogen-bond acceptors (Lipinski definition) is 3. The summed E-state index contributed by atoms with van der Waals surface area (Å²) < 4.78 is 0. The van der Waals surface area contributed by atoms with Crippen LogP contribution >= 0.6 is 11.3 Å². The standard InChI is InChI=1S/C7H11NOS/c1-6-4-10-5-7(6)2-3-9-8/h4-5H,2-3,8H2,1H3. The van der Waals surface area contributed by atoms with Gasteiger partial charge >= 0.3 is 0 Å². The van der Waals surface area contributed by atoms with E-state index < -0.39 is 0 Å². The summed E-state index contributed by atoms with van der Waals surface area (Å²) in [7, 11) is 0. The van der Waals surface area contributed by atoms with Crippen molar-refractivity contribution in [1.82, 2.24) is 0 Å². The average Bonchev–Trinajstić information content (AvgIpc) is 2.31. The lowest BCUT2D eigenvalue weighted by atomic mass is 10.2. The molecule has 1 rings (SSSR count). The van der Waals surface area contributed by atoms with E-state index >= 15 is 0 Å². The summed E-state index contributed by atoms with van der Waals surface area (Å²) in [5.41, 5.74) is 2.68. The number of nitrogens with two attached hydrogens (primary N) is 1. The Morgan fingerprint density at radius 1 is 1.60 bits per heavy atom. The maximum absolute atomic E-state index is 4.90. The minimum absolute atomic E-state index is 0.609. The Morgan fingerprint density at radius 2 is 2.40 bits per heavy atom. The van der Waals surface area contributed by atoms with E-state index in [2.05, 4.69) is 22.5 Å². The van der Waals surface area contributed by atoms with E-state index in [1.54, 1.807) is 11.3 Å². The highest BCUT2D eigenvalue weighted by atomic mass is 32.1. The van der Waals surface area contributed by atoms with Crippen molar-refractivity contribution in [3.05, 3.63) is 21.9 Å². The second-order valence-electron chi connectivity index (χ2n) is 2.20. The van der Waals surface area contributed by atoms with Crippen LogP contribution in [0.3, 0.4) is 0 Å². The van der Waals surface area contributed by atoms with E-state index in [-0.39, 0.29) is 0 Å². The molecule has 0 saturated carbocycles. The van der Waals surface area contributed by atoms with Crippen LogP contribution < -0.4 is 5.90 Å². The molecule has 0 unspecified atom stereocenters. The molecule has 0 aliphatic carbocycles. The van der Waals surface area contributed by atoms with E-state index in [0.717, 1.165) is 6.42 Å². The van der Waals surface area contributed by atoms with Gasteiger partial charge in [-0.25, -0.2) is 5.90 Å². The van der Waals surface area contributed by atoms with Crippen LogP contribution in [0, 0.1) is 6.92 Å². The van der Waals surface area contributed by atoms with E-state index in [1.807, 2.05) is 0 Å². The number of hydrogen-bond donors (Lipinski definition) is 1. The first-order valence-electron chi connectivity index (χ1n) is 3.18. The molecule has 1 heterocycles. The molecular weight excluding hydrogens is 146 g/mol. The van der Waals surface area contributed by atoms with Crippen molar-refractivity contribution >= 4 is 11.3 Å². The molecule has 56 valence electrons. The summed E-state index contributed by atoms with van der Waals surface area (Å²) in [5, 5.41) is 4.26. The van der Waals surface area contributed by atoms with Crippen molar-refractivity contribution in [2.75, 3.05) is 6.61 Å². The molecule has 2 N–H and O–H groups in total. The second kappa shape index (κ2) is 3.71. The van der Waals surface area contributed by atoms with Gasteiger partial charge in [0.2, 0.25) is 0 Å². The van der Waals surface area contributed by atoms with E-state index in [1.165, 1.54) is 11.1 Å². The predicted octanol–water partition coefficient (Wildman–Crippen LogP) is 1.49. The lowest BCUT2D eigenvalue weighted by Gasteiger charge is -1.96. The second-order valence-corrected chi connectivity index (χ2v) is 2.94. The monoisotopic (exact) mass is 157 g/mol. The van der Waals surface area contributed by atoms with Gasteiger partial charge in [-0.1, -0.05) is 0 Å². The summed E-state index contributed by atoms with van der Waals surface area (Å²) in [5.74, 6) is 4.90. The Balaban J connectivity index is 2.49. The van der Waals surface area contributed by atoms with Crippen molar-refractivity contribution < 1.29 is 4.84 Å². The highest BCUT2D eigenvalue weighted by Crippen LogP contribution is 2.13. The van der Waals surface area contributed by atoms with Gasteiger partial charge in [0, 0.05) is 0 Å². The zero-order chi connectivity index (χ0) is 7.40. The third kappa shape index (κ3) is 1.80. The van der Waals surface area contributed by atoms with Crippen molar-refractivity contribution in [1.29, 1.82) is 0 Å². The highest BCUT2D eigenvalue weighted by molar-refractivity contribution is 7.08. The molecule has 0 atom stereocenters. The maximum atomic E-state index is 4.90. The topological polar surface area (TPSA) is 35.2 Å². The Kier molecular flexibility index (Phi) is 2.86. The van der Waals surface area contributed by atoms with Crippen molar-refractivity contribution in [3.8, 4) is 0 Å². The highest BCUT2D eigenvalue weighted by Gasteiger charge is 1.97. The van der Waals surface area contributed by atoms with Gasteiger partial charge in [-0.2, -0.15) is 11.3 Å². The molecule has 0 radical (unpaired) electrons. The predicted molar refractivity (Wildman–Crippen MR) is 42.9 cm³/mol. The van der Waals surface area contributed by atoms with Gasteiger partial charge in [0.1, 0.15) is 0 Å². The Hall–Kier alpha value is -0.380. The van der Waals surface area contributed by atoms with Crippen LogP contribution in [0.15, 0.2) is 10.8 Å². The minimum atomic E-state index is 0.609. The largest absolute Gasteiger partial charge is 0.304 e. The molecule has 0 saturated heterocycles. The Labute approximate surface area is 64.6 Å². The summed E-state index contributed by atoms with van der Waals surface area (Å²) in [6.07, 6.45) is 0.922. The first kappa shape index (κ1) is 7.72. The van der Waals surface area contributed by atoms with Gasteiger partial charge in [-0.3, -0.25) is 0 Å². The summed E-state index contributed by atoms with van der Waals surface area (Å²) in [4.78, 5) is 4.47. The van der Waals surface area contributed by atoms with Crippen molar-refractivity contribution in [2.24, 2.45) is 5.90 Å². The van der Waals surface area contributed by atoms with Gasteiger partial charge in [-0.15, -0.1) is 0 Å². The van der Waals surface area contributed by atoms with Gasteiger partial charge in [0.25, 0.3) is 0 Å². The van der Waals surface area contributed by atoms with E-state index in [4.69, 9.17) is 5.90 Å². The molecule has 0 aliphatic rings. The molecule has 0 amide bonds. The summed E-state index contributed by atoms with van der Waals surface area (Å²) in [6, 6.07) is 0. The molecule has 0 fully saturated rings. The fraction of sp³-hybridized carbons (Fsp3) is 0.429. The van der Waals surface area contributed by atoms with E-state index in [0.29, 0.717) is 6.61 Å². The van der Waals surface area contributed by atoms with Gasteiger partial charge in [0.05, 0.1) is 6.61 Å². The van der Waals surface area contributed by atoms with Crippen LogP contribution in [0.5, 0.6) is 0 Å². The minimum Gasteiger partial charge on any atom is -0.304 e. The number of thiophene rings is 1. The molecule has 0 bridgehead atoms. The lowest BCUT2D eigenvalue weighted by Crippen LogP contribution is -2.03. The Bertz CT molecular complexity index is 197. The summed E-state index contributed by atoms with van der Waals surface area (Å²) in [6.45, 7) is 2.71. The van der Waals surface area contributed by atoms with Crippen molar-refractivity contribution in [3.63, 3.8) is 0 Å². The maximum Gasteiger partial charge on any atom is 0.0719 e. The smallest absolute Gasteiger partial charge is 0.0719 e. The van der Waals surface area contributed by atoms with Crippen LogP contribution in [0.1, 0.15) is 11.1 Å². The van der Waals surface area contributed by atoms with Crippen LogP contribution in [-0.4, -0.2) is 6.61 Å². The fourth-order valence-electron chi connectivity index (χ4n) is 0.812. The van der Waals surface area contributed by atoms with Crippen molar-refractivity contribution in [2.45, 2.75) is 13.3 Å². The van der Waals surface area contributed by atoms with Crippen LogP contribution in [0.25, 0.3) is 0 Å². The van der Waals surface area contributed by atoms with Gasteiger partial charge in [0.15, 0.2) is 0 Å². The molecule has 2 nitrogen and oxygen atoms in total. The normalized spacial score (nSPS) is 10.2. The first-order chi connectivity index (χ1) is 4.84. The summed E-state index contributed by atoms with van der Waals surface area (Å²) >= 11 is 1.72. The third-order valence-electron chi connectivity index (χ3n) is 1.45. The Morgan fingerprint density at radius 3 is 2.90 bits per heavy atom. The quantitative estimate of drug-likeness (QED) is 0.675. The number of aryl methyl sites for hydroxylation is 1. The molecule has 0 spiro atoms. The van der Waals surface area contributed by atoms with Crippen LogP contribution in [-0.2, 0) is 11.3 Å². The molecule has 10 heavy (non-hydrogen) atoms. The lowest BCUT2D eigenvalue weighted by molar-refractivity contribution is 0.141. The van der Waals surface area contributed by atoms with E-state index in [9.17, 15) is 0 Å². The third-order valence-corrected chi connectivity index (χ3v) is 2.36. The van der Waals surface area contributed by atoms with Gasteiger partial charge < -0.3 is 4.84 Å². The molecule has 1 aromatic rings. The number of rotatable bonds is 3.